The van der Waals surface area contributed by atoms with E-state index in [1.807, 2.05) is 26.0 Å². The number of ether oxygens (including phenoxy) is 2. The molecule has 1 unspecified atom stereocenters. The van der Waals surface area contributed by atoms with Crippen LogP contribution < -0.4 is 10.1 Å². The number of benzene rings is 1. The highest BCUT2D eigenvalue weighted by atomic mass is 35.5. The van der Waals surface area contributed by atoms with Gasteiger partial charge in [-0.25, -0.2) is 0 Å². The summed E-state index contributed by atoms with van der Waals surface area (Å²) in [7, 11) is 0. The lowest BCUT2D eigenvalue weighted by Crippen LogP contribution is -2.45. The predicted octanol–water partition coefficient (Wildman–Crippen LogP) is 3.04. The second-order valence-electron chi connectivity index (χ2n) is 5.77. The van der Waals surface area contributed by atoms with Crippen molar-refractivity contribution in [1.29, 1.82) is 0 Å². The van der Waals surface area contributed by atoms with E-state index in [4.69, 9.17) is 21.1 Å². The molecule has 0 aliphatic carbocycles. The maximum Gasteiger partial charge on any atom is 0.226 e. The molecular formula is C16H22ClNO3. The highest BCUT2D eigenvalue weighted by Gasteiger charge is 2.35. The Morgan fingerprint density at radius 2 is 2.00 bits per heavy atom. The molecule has 1 aliphatic rings. The molecular weight excluding hydrogens is 290 g/mol. The van der Waals surface area contributed by atoms with E-state index in [2.05, 4.69) is 5.32 Å². The molecule has 21 heavy (non-hydrogen) atoms. The summed E-state index contributed by atoms with van der Waals surface area (Å²) in [6.45, 7) is 5.72. The summed E-state index contributed by atoms with van der Waals surface area (Å²) in [5.74, 6) is 0.829. The summed E-state index contributed by atoms with van der Waals surface area (Å²) in [6.07, 6.45) is 1.44. The Kier molecular flexibility index (Phi) is 5.48. The molecule has 2 rings (SSSR count). The normalized spacial score (nSPS) is 18.8. The third-order valence-corrected chi connectivity index (χ3v) is 4.10. The van der Waals surface area contributed by atoms with Crippen LogP contribution in [0.3, 0.4) is 0 Å². The number of halogens is 1. The van der Waals surface area contributed by atoms with Gasteiger partial charge in [0.1, 0.15) is 11.9 Å². The fraction of sp³-hybridized carbons (Fsp3) is 0.562. The zero-order valence-electron chi connectivity index (χ0n) is 12.5. The third-order valence-electron chi connectivity index (χ3n) is 3.85. The summed E-state index contributed by atoms with van der Waals surface area (Å²) >= 11 is 5.83. The van der Waals surface area contributed by atoms with Gasteiger partial charge < -0.3 is 14.8 Å². The Balaban J connectivity index is 1.79. The van der Waals surface area contributed by atoms with Crippen molar-refractivity contribution in [1.82, 2.24) is 5.32 Å². The monoisotopic (exact) mass is 311 g/mol. The van der Waals surface area contributed by atoms with Gasteiger partial charge in [-0.1, -0.05) is 18.5 Å². The molecule has 116 valence electrons. The second kappa shape index (κ2) is 7.14. The number of hydrogen-bond donors (Lipinski definition) is 1. The Bertz CT molecular complexity index is 469. The number of hydrogen-bond acceptors (Lipinski definition) is 3. The highest BCUT2D eigenvalue weighted by molar-refractivity contribution is 6.30. The van der Waals surface area contributed by atoms with Gasteiger partial charge in [-0.2, -0.15) is 0 Å². The predicted molar refractivity (Wildman–Crippen MR) is 82.7 cm³/mol. The van der Waals surface area contributed by atoms with E-state index in [0.29, 0.717) is 24.8 Å². The average molecular weight is 312 g/mol. The van der Waals surface area contributed by atoms with Crippen LogP contribution >= 0.6 is 11.6 Å². The van der Waals surface area contributed by atoms with Crippen LogP contribution in [0.2, 0.25) is 5.02 Å². The van der Waals surface area contributed by atoms with Gasteiger partial charge in [-0.3, -0.25) is 4.79 Å². The van der Waals surface area contributed by atoms with E-state index in [1.54, 1.807) is 12.1 Å². The van der Waals surface area contributed by atoms with Crippen LogP contribution in [0.15, 0.2) is 24.3 Å². The summed E-state index contributed by atoms with van der Waals surface area (Å²) in [5, 5.41) is 3.66. The van der Waals surface area contributed by atoms with Gasteiger partial charge in [0.15, 0.2) is 0 Å². The highest BCUT2D eigenvalue weighted by Crippen LogP contribution is 2.29. The van der Waals surface area contributed by atoms with Gasteiger partial charge in [0.05, 0.1) is 12.0 Å². The summed E-state index contributed by atoms with van der Waals surface area (Å²) in [5.41, 5.74) is -0.321. The van der Waals surface area contributed by atoms with Crippen LogP contribution in [0.25, 0.3) is 0 Å². The zero-order chi connectivity index (χ0) is 15.3. The molecule has 1 N–H and O–H groups in total. The molecule has 1 aliphatic heterocycles. The summed E-state index contributed by atoms with van der Waals surface area (Å²) in [4.78, 5) is 12.3. The minimum absolute atomic E-state index is 0.0809. The summed E-state index contributed by atoms with van der Waals surface area (Å²) < 4.78 is 11.1. The molecule has 0 saturated carbocycles. The molecule has 0 bridgehead atoms. The largest absolute Gasteiger partial charge is 0.489 e. The smallest absolute Gasteiger partial charge is 0.226 e. The molecule has 0 aromatic heterocycles. The van der Waals surface area contributed by atoms with Crippen molar-refractivity contribution in [2.75, 3.05) is 19.8 Å². The standard InChI is InChI=1S/C16H22ClNO3/c1-12(21-14-5-3-13(17)4-6-14)11-18-15(19)16(2)7-9-20-10-8-16/h3-6,12H,7-11H2,1-2H3,(H,18,19). The number of carbonyl (C=O) groups is 1. The van der Waals surface area contributed by atoms with Crippen LogP contribution in [0.1, 0.15) is 26.7 Å². The first-order valence-corrected chi connectivity index (χ1v) is 7.66. The lowest BCUT2D eigenvalue weighted by Gasteiger charge is -2.32. The van der Waals surface area contributed by atoms with Crippen LogP contribution in [0.4, 0.5) is 0 Å². The quantitative estimate of drug-likeness (QED) is 0.909. The molecule has 1 atom stereocenters. The van der Waals surface area contributed by atoms with Crippen molar-refractivity contribution in [2.24, 2.45) is 5.41 Å². The van der Waals surface area contributed by atoms with Crippen molar-refractivity contribution < 1.29 is 14.3 Å². The number of amides is 1. The third kappa shape index (κ3) is 4.61. The van der Waals surface area contributed by atoms with E-state index >= 15 is 0 Å². The molecule has 0 radical (unpaired) electrons. The Labute approximate surface area is 130 Å². The first-order chi connectivity index (χ1) is 9.99. The number of carbonyl (C=O) groups excluding carboxylic acids is 1. The molecule has 1 heterocycles. The minimum Gasteiger partial charge on any atom is -0.489 e. The van der Waals surface area contributed by atoms with E-state index in [1.165, 1.54) is 0 Å². The molecule has 1 amide bonds. The Morgan fingerprint density at radius 1 is 1.38 bits per heavy atom. The minimum atomic E-state index is -0.321. The maximum absolute atomic E-state index is 12.3. The van der Waals surface area contributed by atoms with Crippen LogP contribution in [-0.2, 0) is 9.53 Å². The van der Waals surface area contributed by atoms with Crippen LogP contribution in [0.5, 0.6) is 5.75 Å². The number of nitrogens with one attached hydrogen (secondary N) is 1. The molecule has 4 nitrogen and oxygen atoms in total. The lowest BCUT2D eigenvalue weighted by molar-refractivity contribution is -0.135. The molecule has 1 aromatic rings. The maximum atomic E-state index is 12.3. The van der Waals surface area contributed by atoms with E-state index < -0.39 is 0 Å². The van der Waals surface area contributed by atoms with Gasteiger partial charge in [-0.15, -0.1) is 0 Å². The fourth-order valence-corrected chi connectivity index (χ4v) is 2.41. The van der Waals surface area contributed by atoms with Crippen LogP contribution in [0, 0.1) is 5.41 Å². The average Bonchev–Trinajstić information content (AvgIpc) is 2.48. The summed E-state index contributed by atoms with van der Waals surface area (Å²) in [6, 6.07) is 7.21. The number of rotatable bonds is 5. The molecule has 1 fully saturated rings. The second-order valence-corrected chi connectivity index (χ2v) is 6.20. The molecule has 5 heteroatoms. The van der Waals surface area contributed by atoms with Crippen LogP contribution in [-0.4, -0.2) is 31.8 Å². The van der Waals surface area contributed by atoms with E-state index in [0.717, 1.165) is 18.6 Å². The van der Waals surface area contributed by atoms with Gasteiger partial charge in [0.2, 0.25) is 5.91 Å². The van der Waals surface area contributed by atoms with Crippen molar-refractivity contribution in [2.45, 2.75) is 32.8 Å². The molecule has 1 aromatic carbocycles. The van der Waals surface area contributed by atoms with Crippen molar-refractivity contribution in [3.05, 3.63) is 29.3 Å². The SMILES string of the molecule is CC(CNC(=O)C1(C)CCOCC1)Oc1ccc(Cl)cc1. The van der Waals surface area contributed by atoms with Crippen molar-refractivity contribution in [3.8, 4) is 5.75 Å². The first kappa shape index (κ1) is 16.1. The van der Waals surface area contributed by atoms with Gasteiger partial charge in [0, 0.05) is 18.2 Å². The van der Waals surface area contributed by atoms with Crippen molar-refractivity contribution >= 4 is 17.5 Å². The lowest BCUT2D eigenvalue weighted by atomic mass is 9.81. The Morgan fingerprint density at radius 3 is 2.62 bits per heavy atom. The Hall–Kier alpha value is -1.26. The first-order valence-electron chi connectivity index (χ1n) is 7.28. The fourth-order valence-electron chi connectivity index (χ4n) is 2.29. The van der Waals surface area contributed by atoms with E-state index in [-0.39, 0.29) is 17.4 Å². The van der Waals surface area contributed by atoms with Gasteiger partial charge >= 0.3 is 0 Å². The topological polar surface area (TPSA) is 47.6 Å². The zero-order valence-corrected chi connectivity index (χ0v) is 13.3. The molecule has 0 spiro atoms. The van der Waals surface area contributed by atoms with Gasteiger partial charge in [-0.05, 0) is 44.0 Å². The van der Waals surface area contributed by atoms with Gasteiger partial charge in [0.25, 0.3) is 0 Å². The molecule has 1 saturated heterocycles. The van der Waals surface area contributed by atoms with Crippen molar-refractivity contribution in [3.63, 3.8) is 0 Å². The van der Waals surface area contributed by atoms with E-state index in [9.17, 15) is 4.79 Å².